The van der Waals surface area contributed by atoms with E-state index in [4.69, 9.17) is 10.2 Å². The summed E-state index contributed by atoms with van der Waals surface area (Å²) in [6.07, 6.45) is 3.73. The molecule has 1 aliphatic heterocycles. The van der Waals surface area contributed by atoms with E-state index < -0.39 is 15.1 Å². The van der Waals surface area contributed by atoms with Crippen LogP contribution in [0.1, 0.15) is 31.0 Å². The molecule has 3 aromatic rings. The first-order chi connectivity index (χ1) is 14.8. The van der Waals surface area contributed by atoms with Gasteiger partial charge in [-0.05, 0) is 32.4 Å². The van der Waals surface area contributed by atoms with Gasteiger partial charge in [0.15, 0.2) is 9.84 Å². The molecule has 1 unspecified atom stereocenters. The Hall–Kier alpha value is -3.18. The van der Waals surface area contributed by atoms with Gasteiger partial charge in [0.25, 0.3) is 5.89 Å². The van der Waals surface area contributed by atoms with Crippen molar-refractivity contribution in [2.75, 3.05) is 13.1 Å². The molecule has 0 radical (unpaired) electrons. The van der Waals surface area contributed by atoms with Gasteiger partial charge in [0.05, 0.1) is 28.2 Å². The number of sulfone groups is 1. The molecule has 4 rings (SSSR count). The molecule has 2 N–H and O–H groups in total. The number of rotatable bonds is 5. The van der Waals surface area contributed by atoms with Crippen LogP contribution >= 0.6 is 0 Å². The molecule has 1 fully saturated rings. The van der Waals surface area contributed by atoms with Crippen LogP contribution in [0.5, 0.6) is 0 Å². The molecule has 0 saturated carbocycles. The number of aromatic nitrogens is 4. The average Bonchev–Trinajstić information content (AvgIpc) is 3.43. The number of carbonyl (C=O) groups excluding carboxylic acids is 1. The van der Waals surface area contributed by atoms with E-state index in [2.05, 4.69) is 20.2 Å². The predicted molar refractivity (Wildman–Crippen MR) is 112 cm³/mol. The molecule has 31 heavy (non-hydrogen) atoms. The van der Waals surface area contributed by atoms with Crippen molar-refractivity contribution in [1.82, 2.24) is 25.1 Å². The molecule has 1 aromatic carbocycles. The average molecular weight is 443 g/mol. The number of amides is 1. The fraction of sp³-hybridized carbons (Fsp3) is 0.350. The first kappa shape index (κ1) is 21.1. The minimum absolute atomic E-state index is 0.0456. The molecule has 0 spiro atoms. The summed E-state index contributed by atoms with van der Waals surface area (Å²) >= 11 is 0. The standard InChI is InChI=1S/C20H22N6O4S/c1-12(2)31(28,29)15-5-3-13(4-6-15)16-9-22-10-17(23-16)18-24-25-19(30-18)20(27)26-8-7-14(21)11-26/h3-6,9-10,12,14H,7-8,11,21H2,1-2H3. The zero-order valence-corrected chi connectivity index (χ0v) is 17.9. The summed E-state index contributed by atoms with van der Waals surface area (Å²) in [7, 11) is -3.36. The van der Waals surface area contributed by atoms with E-state index in [1.54, 1.807) is 49.2 Å². The number of nitrogens with zero attached hydrogens (tertiary/aromatic N) is 5. The van der Waals surface area contributed by atoms with Crippen LogP contribution in [0, 0.1) is 0 Å². The van der Waals surface area contributed by atoms with Gasteiger partial charge in [-0.15, -0.1) is 10.2 Å². The van der Waals surface area contributed by atoms with Crippen molar-refractivity contribution < 1.29 is 17.6 Å². The summed E-state index contributed by atoms with van der Waals surface area (Å²) in [6, 6.07) is 6.38. The Morgan fingerprint density at radius 3 is 2.52 bits per heavy atom. The van der Waals surface area contributed by atoms with Crippen LogP contribution in [0.2, 0.25) is 0 Å². The summed E-state index contributed by atoms with van der Waals surface area (Å²) in [5.74, 6) is -0.419. The fourth-order valence-corrected chi connectivity index (χ4v) is 4.28. The Kier molecular flexibility index (Phi) is 5.54. The number of hydrogen-bond donors (Lipinski definition) is 1. The van der Waals surface area contributed by atoms with E-state index in [-0.39, 0.29) is 28.6 Å². The molecule has 162 valence electrons. The zero-order chi connectivity index (χ0) is 22.2. The molecule has 2 aromatic heterocycles. The maximum absolute atomic E-state index is 12.5. The van der Waals surface area contributed by atoms with Crippen molar-refractivity contribution >= 4 is 15.7 Å². The summed E-state index contributed by atoms with van der Waals surface area (Å²) in [6.45, 7) is 4.28. The minimum Gasteiger partial charge on any atom is -0.411 e. The van der Waals surface area contributed by atoms with Gasteiger partial charge in [0, 0.05) is 24.7 Å². The second-order valence-corrected chi connectivity index (χ2v) is 10.1. The molecule has 0 aliphatic carbocycles. The number of carbonyl (C=O) groups is 1. The summed E-state index contributed by atoms with van der Waals surface area (Å²) in [5.41, 5.74) is 7.33. The maximum Gasteiger partial charge on any atom is 0.311 e. The van der Waals surface area contributed by atoms with Gasteiger partial charge in [-0.2, -0.15) is 0 Å². The molecule has 1 amide bonds. The molecular formula is C20H22N6O4S. The van der Waals surface area contributed by atoms with Gasteiger partial charge in [0.1, 0.15) is 5.69 Å². The van der Waals surface area contributed by atoms with Crippen LogP contribution in [0.15, 0.2) is 46.0 Å². The van der Waals surface area contributed by atoms with Crippen molar-refractivity contribution in [2.24, 2.45) is 5.73 Å². The normalized spacial score (nSPS) is 16.8. The van der Waals surface area contributed by atoms with E-state index in [0.717, 1.165) is 6.42 Å². The second kappa shape index (κ2) is 8.16. The fourth-order valence-electron chi connectivity index (χ4n) is 3.22. The van der Waals surface area contributed by atoms with Gasteiger partial charge < -0.3 is 15.1 Å². The number of nitrogens with two attached hydrogens (primary N) is 1. The van der Waals surface area contributed by atoms with E-state index in [9.17, 15) is 13.2 Å². The lowest BCUT2D eigenvalue weighted by Crippen LogP contribution is -2.32. The molecular weight excluding hydrogens is 420 g/mol. The van der Waals surface area contributed by atoms with Gasteiger partial charge in [-0.3, -0.25) is 9.78 Å². The molecule has 10 nitrogen and oxygen atoms in total. The van der Waals surface area contributed by atoms with E-state index in [1.807, 2.05) is 0 Å². The Morgan fingerprint density at radius 1 is 1.16 bits per heavy atom. The summed E-state index contributed by atoms with van der Waals surface area (Å²) < 4.78 is 30.1. The minimum atomic E-state index is -3.36. The Bertz CT molecular complexity index is 1210. The number of benzene rings is 1. The lowest BCUT2D eigenvalue weighted by molar-refractivity contribution is 0.0752. The third-order valence-electron chi connectivity index (χ3n) is 5.07. The lowest BCUT2D eigenvalue weighted by atomic mass is 10.1. The summed E-state index contributed by atoms with van der Waals surface area (Å²) in [4.78, 5) is 22.9. The smallest absolute Gasteiger partial charge is 0.311 e. The van der Waals surface area contributed by atoms with Crippen LogP contribution in [-0.2, 0) is 9.84 Å². The molecule has 11 heteroatoms. The largest absolute Gasteiger partial charge is 0.411 e. The van der Waals surface area contributed by atoms with Gasteiger partial charge in [0.2, 0.25) is 0 Å². The molecule has 1 atom stereocenters. The highest BCUT2D eigenvalue weighted by atomic mass is 32.2. The quantitative estimate of drug-likeness (QED) is 0.622. The second-order valence-electron chi connectivity index (χ2n) is 7.62. The van der Waals surface area contributed by atoms with Gasteiger partial charge >= 0.3 is 11.8 Å². The van der Waals surface area contributed by atoms with Crippen LogP contribution in [0.3, 0.4) is 0 Å². The van der Waals surface area contributed by atoms with Crippen molar-refractivity contribution in [2.45, 2.75) is 36.5 Å². The van der Waals surface area contributed by atoms with E-state index >= 15 is 0 Å². The number of likely N-dealkylation sites (tertiary alicyclic amines) is 1. The Morgan fingerprint density at radius 2 is 1.87 bits per heavy atom. The van der Waals surface area contributed by atoms with E-state index in [0.29, 0.717) is 30.0 Å². The summed E-state index contributed by atoms with van der Waals surface area (Å²) in [5, 5.41) is 7.25. The Labute approximate surface area is 179 Å². The highest BCUT2D eigenvalue weighted by Gasteiger charge is 2.28. The predicted octanol–water partition coefficient (Wildman–Crippen LogP) is 1.55. The molecule has 0 bridgehead atoms. The first-order valence-corrected chi connectivity index (χ1v) is 11.4. The first-order valence-electron chi connectivity index (χ1n) is 9.81. The highest BCUT2D eigenvalue weighted by Crippen LogP contribution is 2.24. The zero-order valence-electron chi connectivity index (χ0n) is 17.1. The van der Waals surface area contributed by atoms with Crippen molar-refractivity contribution in [3.05, 3.63) is 42.5 Å². The third-order valence-corrected chi connectivity index (χ3v) is 7.24. The SMILES string of the molecule is CC(C)S(=O)(=O)c1ccc(-c2cncc(-c3nnc(C(=O)N4CCC(N)C4)o3)n2)cc1. The highest BCUT2D eigenvalue weighted by molar-refractivity contribution is 7.92. The van der Waals surface area contributed by atoms with Crippen LogP contribution in [0.4, 0.5) is 0 Å². The van der Waals surface area contributed by atoms with Crippen LogP contribution in [-0.4, -0.2) is 63.8 Å². The topological polar surface area (TPSA) is 145 Å². The van der Waals surface area contributed by atoms with Crippen LogP contribution < -0.4 is 5.73 Å². The van der Waals surface area contributed by atoms with Gasteiger partial charge in [-0.1, -0.05) is 12.1 Å². The van der Waals surface area contributed by atoms with Crippen molar-refractivity contribution in [3.8, 4) is 22.8 Å². The van der Waals surface area contributed by atoms with Crippen LogP contribution in [0.25, 0.3) is 22.8 Å². The monoisotopic (exact) mass is 442 g/mol. The van der Waals surface area contributed by atoms with Crippen molar-refractivity contribution in [1.29, 1.82) is 0 Å². The van der Waals surface area contributed by atoms with Crippen molar-refractivity contribution in [3.63, 3.8) is 0 Å². The molecule has 3 heterocycles. The Balaban J connectivity index is 1.57. The molecule has 1 aliphatic rings. The van der Waals surface area contributed by atoms with E-state index in [1.165, 1.54) is 6.20 Å². The molecule has 1 saturated heterocycles. The van der Waals surface area contributed by atoms with Gasteiger partial charge in [-0.25, -0.2) is 13.4 Å². The lowest BCUT2D eigenvalue weighted by Gasteiger charge is -2.12. The number of hydrogen-bond acceptors (Lipinski definition) is 9. The maximum atomic E-state index is 12.5. The third kappa shape index (κ3) is 4.19.